The van der Waals surface area contributed by atoms with Gasteiger partial charge < -0.3 is 14.7 Å². The predicted octanol–water partition coefficient (Wildman–Crippen LogP) is 3.56. The predicted molar refractivity (Wildman–Crippen MR) is 87.0 cm³/mol. The highest BCUT2D eigenvalue weighted by atomic mass is 16.5. The van der Waals surface area contributed by atoms with E-state index in [0.717, 1.165) is 17.0 Å². The highest BCUT2D eigenvalue weighted by molar-refractivity contribution is 5.48. The van der Waals surface area contributed by atoms with E-state index in [4.69, 9.17) is 4.74 Å². The van der Waals surface area contributed by atoms with Crippen LogP contribution in [0.4, 0.5) is 5.69 Å². The molecule has 0 bridgehead atoms. The van der Waals surface area contributed by atoms with Gasteiger partial charge >= 0.3 is 0 Å². The number of hydrogen-bond acceptors (Lipinski definition) is 3. The second-order valence-corrected chi connectivity index (χ2v) is 5.21. The lowest BCUT2D eigenvalue weighted by Crippen LogP contribution is -2.24. The van der Waals surface area contributed by atoms with Crippen molar-refractivity contribution in [2.24, 2.45) is 0 Å². The maximum atomic E-state index is 10.5. The van der Waals surface area contributed by atoms with Crippen LogP contribution in [0.15, 0.2) is 48.5 Å². The van der Waals surface area contributed by atoms with Gasteiger partial charge in [-0.1, -0.05) is 30.3 Å². The lowest BCUT2D eigenvalue weighted by molar-refractivity contribution is 0.178. The highest BCUT2D eigenvalue weighted by Crippen LogP contribution is 2.26. The Morgan fingerprint density at radius 2 is 1.90 bits per heavy atom. The largest absolute Gasteiger partial charge is 0.493 e. The average molecular weight is 285 g/mol. The van der Waals surface area contributed by atoms with Crippen molar-refractivity contribution in [3.05, 3.63) is 59.7 Å². The lowest BCUT2D eigenvalue weighted by atomic mass is 10.1. The van der Waals surface area contributed by atoms with E-state index in [0.29, 0.717) is 13.2 Å². The third kappa shape index (κ3) is 3.99. The SMILES string of the molecule is CCOc1ccccc1C(O)CN(C)c1cccc(C)c1. The number of hydrogen-bond donors (Lipinski definition) is 1. The fraction of sp³-hybridized carbons (Fsp3) is 0.333. The lowest BCUT2D eigenvalue weighted by Gasteiger charge is -2.24. The van der Waals surface area contributed by atoms with E-state index in [1.807, 2.05) is 50.4 Å². The van der Waals surface area contributed by atoms with Crippen LogP contribution in [-0.4, -0.2) is 25.3 Å². The van der Waals surface area contributed by atoms with Crippen LogP contribution in [0, 0.1) is 6.92 Å². The van der Waals surface area contributed by atoms with Crippen molar-refractivity contribution in [1.82, 2.24) is 0 Å². The van der Waals surface area contributed by atoms with Crippen LogP contribution < -0.4 is 9.64 Å². The minimum atomic E-state index is -0.585. The molecule has 2 rings (SSSR count). The van der Waals surface area contributed by atoms with Crippen LogP contribution in [-0.2, 0) is 0 Å². The second kappa shape index (κ2) is 7.14. The zero-order valence-corrected chi connectivity index (χ0v) is 12.9. The van der Waals surface area contributed by atoms with Crippen molar-refractivity contribution in [3.8, 4) is 5.75 Å². The third-order valence-electron chi connectivity index (χ3n) is 3.47. The van der Waals surface area contributed by atoms with Crippen LogP contribution in [0.5, 0.6) is 5.75 Å². The Morgan fingerprint density at radius 3 is 2.62 bits per heavy atom. The Kier molecular flexibility index (Phi) is 5.23. The molecule has 1 atom stereocenters. The summed E-state index contributed by atoms with van der Waals surface area (Å²) in [5, 5.41) is 10.5. The van der Waals surface area contributed by atoms with Crippen LogP contribution in [0.3, 0.4) is 0 Å². The summed E-state index contributed by atoms with van der Waals surface area (Å²) >= 11 is 0. The first-order valence-electron chi connectivity index (χ1n) is 7.29. The maximum Gasteiger partial charge on any atom is 0.125 e. The average Bonchev–Trinajstić information content (AvgIpc) is 2.48. The molecule has 0 radical (unpaired) electrons. The minimum absolute atomic E-state index is 0.521. The number of aryl methyl sites for hydroxylation is 1. The van der Waals surface area contributed by atoms with Gasteiger partial charge in [0.25, 0.3) is 0 Å². The van der Waals surface area contributed by atoms with E-state index in [1.54, 1.807) is 0 Å². The first-order chi connectivity index (χ1) is 10.1. The number of likely N-dealkylation sites (N-methyl/N-ethyl adjacent to an activating group) is 1. The van der Waals surface area contributed by atoms with E-state index < -0.39 is 6.10 Å². The standard InChI is InChI=1S/C18H23NO2/c1-4-21-18-11-6-5-10-16(18)17(20)13-19(3)15-9-7-8-14(2)12-15/h5-12,17,20H,4,13H2,1-3H3. The van der Waals surface area contributed by atoms with Gasteiger partial charge in [0.15, 0.2) is 0 Å². The summed E-state index contributed by atoms with van der Waals surface area (Å²) in [5.74, 6) is 0.755. The molecule has 0 spiro atoms. The first-order valence-corrected chi connectivity index (χ1v) is 7.29. The number of rotatable bonds is 6. The molecule has 0 amide bonds. The zero-order valence-electron chi connectivity index (χ0n) is 12.9. The fourth-order valence-corrected chi connectivity index (χ4v) is 2.37. The summed E-state index contributed by atoms with van der Waals surface area (Å²) in [6.07, 6.45) is -0.585. The molecule has 0 saturated carbocycles. The number of benzene rings is 2. The molecule has 2 aromatic carbocycles. The molecule has 1 N–H and O–H groups in total. The molecule has 2 aromatic rings. The molecule has 3 heteroatoms. The Hall–Kier alpha value is -2.00. The van der Waals surface area contributed by atoms with Gasteiger partial charge in [0.2, 0.25) is 0 Å². The van der Waals surface area contributed by atoms with Gasteiger partial charge in [-0.2, -0.15) is 0 Å². The van der Waals surface area contributed by atoms with Gasteiger partial charge in [-0.25, -0.2) is 0 Å². The molecule has 0 aromatic heterocycles. The van der Waals surface area contributed by atoms with Crippen LogP contribution >= 0.6 is 0 Å². The highest BCUT2D eigenvalue weighted by Gasteiger charge is 2.15. The Balaban J connectivity index is 2.12. The molecule has 0 aliphatic heterocycles. The van der Waals surface area contributed by atoms with E-state index in [9.17, 15) is 5.11 Å². The first kappa shape index (κ1) is 15.4. The molecule has 0 aliphatic rings. The van der Waals surface area contributed by atoms with E-state index in [2.05, 4.69) is 24.0 Å². The molecule has 112 valence electrons. The van der Waals surface area contributed by atoms with E-state index >= 15 is 0 Å². The monoisotopic (exact) mass is 285 g/mol. The zero-order chi connectivity index (χ0) is 15.2. The number of nitrogens with zero attached hydrogens (tertiary/aromatic N) is 1. The van der Waals surface area contributed by atoms with Crippen molar-refractivity contribution >= 4 is 5.69 Å². The fourth-order valence-electron chi connectivity index (χ4n) is 2.37. The topological polar surface area (TPSA) is 32.7 Å². The number of anilines is 1. The molecule has 1 unspecified atom stereocenters. The molecular weight excluding hydrogens is 262 g/mol. The number of para-hydroxylation sites is 1. The Labute approximate surface area is 126 Å². The summed E-state index contributed by atoms with van der Waals surface area (Å²) < 4.78 is 5.59. The van der Waals surface area contributed by atoms with Crippen molar-refractivity contribution in [1.29, 1.82) is 0 Å². The molecule has 0 fully saturated rings. The van der Waals surface area contributed by atoms with Gasteiger partial charge in [0, 0.05) is 24.8 Å². The van der Waals surface area contributed by atoms with Gasteiger partial charge in [-0.05, 0) is 37.6 Å². The van der Waals surface area contributed by atoms with Crippen LogP contribution in [0.2, 0.25) is 0 Å². The minimum Gasteiger partial charge on any atom is -0.493 e. The molecular formula is C18H23NO2. The smallest absolute Gasteiger partial charge is 0.125 e. The van der Waals surface area contributed by atoms with Crippen LogP contribution in [0.25, 0.3) is 0 Å². The Morgan fingerprint density at radius 1 is 1.14 bits per heavy atom. The van der Waals surface area contributed by atoms with Crippen molar-refractivity contribution < 1.29 is 9.84 Å². The Bertz CT molecular complexity index is 583. The maximum absolute atomic E-state index is 10.5. The molecule has 21 heavy (non-hydrogen) atoms. The summed E-state index contributed by atoms with van der Waals surface area (Å²) in [7, 11) is 1.99. The molecule has 0 aliphatic carbocycles. The normalized spacial score (nSPS) is 12.0. The third-order valence-corrected chi connectivity index (χ3v) is 3.47. The van der Waals surface area contributed by atoms with Crippen molar-refractivity contribution in [2.45, 2.75) is 20.0 Å². The molecule has 0 heterocycles. The van der Waals surface area contributed by atoms with Crippen molar-refractivity contribution in [3.63, 3.8) is 0 Å². The number of aliphatic hydroxyl groups excluding tert-OH is 1. The summed E-state index contributed by atoms with van der Waals surface area (Å²) in [6.45, 7) is 5.13. The number of ether oxygens (including phenoxy) is 1. The quantitative estimate of drug-likeness (QED) is 0.881. The van der Waals surface area contributed by atoms with Gasteiger partial charge in [-0.3, -0.25) is 0 Å². The number of aliphatic hydroxyl groups is 1. The van der Waals surface area contributed by atoms with Gasteiger partial charge in [0.05, 0.1) is 12.7 Å². The van der Waals surface area contributed by atoms with E-state index in [-0.39, 0.29) is 0 Å². The van der Waals surface area contributed by atoms with Gasteiger partial charge in [-0.15, -0.1) is 0 Å². The second-order valence-electron chi connectivity index (χ2n) is 5.21. The van der Waals surface area contributed by atoms with Crippen molar-refractivity contribution in [2.75, 3.05) is 25.1 Å². The van der Waals surface area contributed by atoms with Crippen LogP contribution in [0.1, 0.15) is 24.2 Å². The summed E-state index contributed by atoms with van der Waals surface area (Å²) in [4.78, 5) is 2.06. The van der Waals surface area contributed by atoms with Gasteiger partial charge in [0.1, 0.15) is 5.75 Å². The summed E-state index contributed by atoms with van der Waals surface area (Å²) in [5.41, 5.74) is 3.14. The van der Waals surface area contributed by atoms with E-state index in [1.165, 1.54) is 5.56 Å². The summed E-state index contributed by atoms with van der Waals surface area (Å²) in [6, 6.07) is 15.9. The molecule has 0 saturated heterocycles. The molecule has 3 nitrogen and oxygen atoms in total.